The van der Waals surface area contributed by atoms with Gasteiger partial charge in [0.15, 0.2) is 0 Å². The van der Waals surface area contributed by atoms with Gasteiger partial charge in [0.1, 0.15) is 12.3 Å². The smallest absolute Gasteiger partial charge is 0.329 e. The number of rotatable bonds is 7. The SMILES string of the molecule is Cc1ccc(NCCOCC(=O)O)c([N+](=O)[O-])c1. The standard InChI is InChI=1S/C11H14N2O5/c1-8-2-3-9(10(6-8)13(16)17)12-4-5-18-7-11(14)15/h2-3,6,12H,4-5,7H2,1H3,(H,14,15). The zero-order valence-electron chi connectivity index (χ0n) is 9.88. The van der Waals surface area contributed by atoms with E-state index < -0.39 is 10.9 Å². The minimum absolute atomic E-state index is 0.00626. The number of nitro groups is 1. The molecule has 0 heterocycles. The molecule has 0 bridgehead atoms. The summed E-state index contributed by atoms with van der Waals surface area (Å²) in [4.78, 5) is 20.5. The quantitative estimate of drug-likeness (QED) is 0.433. The summed E-state index contributed by atoms with van der Waals surface area (Å²) in [6.07, 6.45) is 0. The van der Waals surface area contributed by atoms with E-state index in [0.717, 1.165) is 5.56 Å². The van der Waals surface area contributed by atoms with E-state index >= 15 is 0 Å². The van der Waals surface area contributed by atoms with Crippen molar-refractivity contribution in [1.82, 2.24) is 0 Å². The van der Waals surface area contributed by atoms with Gasteiger partial charge in [-0.2, -0.15) is 0 Å². The van der Waals surface area contributed by atoms with Crippen LogP contribution in [0.15, 0.2) is 18.2 Å². The maximum atomic E-state index is 10.8. The summed E-state index contributed by atoms with van der Waals surface area (Å²) in [6, 6.07) is 4.85. The lowest BCUT2D eigenvalue weighted by atomic mass is 10.2. The van der Waals surface area contributed by atoms with Gasteiger partial charge in [0.2, 0.25) is 0 Å². The van der Waals surface area contributed by atoms with Crippen LogP contribution < -0.4 is 5.32 Å². The molecule has 1 rings (SSSR count). The van der Waals surface area contributed by atoms with Crippen LogP contribution in [0, 0.1) is 17.0 Å². The third kappa shape index (κ3) is 4.38. The lowest BCUT2D eigenvalue weighted by Gasteiger charge is -2.07. The van der Waals surface area contributed by atoms with Crippen molar-refractivity contribution < 1.29 is 19.6 Å². The number of nitro benzene ring substituents is 1. The third-order valence-electron chi connectivity index (χ3n) is 2.14. The van der Waals surface area contributed by atoms with E-state index in [4.69, 9.17) is 9.84 Å². The molecule has 18 heavy (non-hydrogen) atoms. The molecule has 7 nitrogen and oxygen atoms in total. The van der Waals surface area contributed by atoms with Gasteiger partial charge in [-0.1, -0.05) is 6.07 Å². The first kappa shape index (κ1) is 13.9. The summed E-state index contributed by atoms with van der Waals surface area (Å²) in [5, 5.41) is 22.0. The van der Waals surface area contributed by atoms with Gasteiger partial charge < -0.3 is 15.2 Å². The van der Waals surface area contributed by atoms with E-state index in [1.54, 1.807) is 19.1 Å². The molecule has 0 spiro atoms. The summed E-state index contributed by atoms with van der Waals surface area (Å²) < 4.78 is 4.81. The first-order valence-electron chi connectivity index (χ1n) is 5.29. The molecule has 0 fully saturated rings. The number of hydrogen-bond donors (Lipinski definition) is 2. The van der Waals surface area contributed by atoms with Crippen LogP contribution in [-0.4, -0.2) is 35.8 Å². The first-order chi connectivity index (χ1) is 8.50. The maximum Gasteiger partial charge on any atom is 0.329 e. The molecule has 0 unspecified atom stereocenters. The van der Waals surface area contributed by atoms with Crippen molar-refractivity contribution in [1.29, 1.82) is 0 Å². The molecule has 2 N–H and O–H groups in total. The number of ether oxygens (including phenoxy) is 1. The summed E-state index contributed by atoms with van der Waals surface area (Å²) in [5.74, 6) is -1.05. The number of hydrogen-bond acceptors (Lipinski definition) is 5. The zero-order valence-corrected chi connectivity index (χ0v) is 9.88. The summed E-state index contributed by atoms with van der Waals surface area (Å²) in [7, 11) is 0. The molecule has 0 amide bonds. The Hall–Kier alpha value is -2.15. The average molecular weight is 254 g/mol. The number of benzene rings is 1. The minimum atomic E-state index is -1.05. The Bertz CT molecular complexity index is 447. The predicted octanol–water partition coefficient (Wildman–Crippen LogP) is 1.42. The molecule has 7 heteroatoms. The van der Waals surface area contributed by atoms with Crippen molar-refractivity contribution >= 4 is 17.3 Å². The highest BCUT2D eigenvalue weighted by Gasteiger charge is 2.12. The number of carboxylic acids is 1. The van der Waals surface area contributed by atoms with Crippen molar-refractivity contribution in [3.63, 3.8) is 0 Å². The maximum absolute atomic E-state index is 10.8. The van der Waals surface area contributed by atoms with E-state index in [0.29, 0.717) is 12.2 Å². The molecule has 1 aromatic carbocycles. The van der Waals surface area contributed by atoms with Gasteiger partial charge in [0.05, 0.1) is 11.5 Å². The molecule has 0 saturated carbocycles. The molecule has 0 aliphatic carbocycles. The first-order valence-corrected chi connectivity index (χ1v) is 5.29. The number of carbonyl (C=O) groups is 1. The number of anilines is 1. The molecular weight excluding hydrogens is 240 g/mol. The van der Waals surface area contributed by atoms with Crippen LogP contribution in [0.2, 0.25) is 0 Å². The number of aliphatic carboxylic acids is 1. The highest BCUT2D eigenvalue weighted by molar-refractivity contribution is 5.68. The molecule has 0 aliphatic heterocycles. The average Bonchev–Trinajstić information content (AvgIpc) is 2.29. The lowest BCUT2D eigenvalue weighted by molar-refractivity contribution is -0.384. The molecule has 98 valence electrons. The van der Waals surface area contributed by atoms with Crippen molar-refractivity contribution in [3.05, 3.63) is 33.9 Å². The normalized spacial score (nSPS) is 10.1. The van der Waals surface area contributed by atoms with E-state index in [-0.39, 0.29) is 18.9 Å². The fraction of sp³-hybridized carbons (Fsp3) is 0.364. The fourth-order valence-electron chi connectivity index (χ4n) is 1.36. The van der Waals surface area contributed by atoms with Crippen molar-refractivity contribution in [2.45, 2.75) is 6.92 Å². The fourth-order valence-corrected chi connectivity index (χ4v) is 1.36. The van der Waals surface area contributed by atoms with Gasteiger partial charge in [0.25, 0.3) is 5.69 Å². The molecule has 0 aromatic heterocycles. The van der Waals surface area contributed by atoms with E-state index in [9.17, 15) is 14.9 Å². The Morgan fingerprint density at radius 2 is 2.28 bits per heavy atom. The van der Waals surface area contributed by atoms with Gasteiger partial charge in [-0.15, -0.1) is 0 Å². The second-order valence-corrected chi connectivity index (χ2v) is 3.65. The largest absolute Gasteiger partial charge is 0.480 e. The van der Waals surface area contributed by atoms with Crippen molar-refractivity contribution in [3.8, 4) is 0 Å². The Kier molecular flexibility index (Phi) is 5.06. The molecule has 0 radical (unpaired) electrons. The molecular formula is C11H14N2O5. The zero-order chi connectivity index (χ0) is 13.5. The van der Waals surface area contributed by atoms with Crippen LogP contribution in [0.3, 0.4) is 0 Å². The van der Waals surface area contributed by atoms with E-state index in [2.05, 4.69) is 5.32 Å². The second-order valence-electron chi connectivity index (χ2n) is 3.65. The molecule has 0 aliphatic rings. The Morgan fingerprint density at radius 3 is 2.89 bits per heavy atom. The monoisotopic (exact) mass is 254 g/mol. The molecule has 0 saturated heterocycles. The summed E-state index contributed by atoms with van der Waals surface area (Å²) in [6.45, 7) is 1.86. The van der Waals surface area contributed by atoms with Gasteiger partial charge in [-0.3, -0.25) is 10.1 Å². The highest BCUT2D eigenvalue weighted by atomic mass is 16.6. The summed E-state index contributed by atoms with van der Waals surface area (Å²) in [5.41, 5.74) is 1.19. The van der Waals surface area contributed by atoms with Crippen LogP contribution >= 0.6 is 0 Å². The van der Waals surface area contributed by atoms with Gasteiger partial charge in [0, 0.05) is 12.6 Å². The van der Waals surface area contributed by atoms with Gasteiger partial charge in [-0.25, -0.2) is 4.79 Å². The lowest BCUT2D eigenvalue weighted by Crippen LogP contribution is -2.14. The van der Waals surface area contributed by atoms with Crippen LogP contribution in [-0.2, 0) is 9.53 Å². The molecule has 1 aromatic rings. The van der Waals surface area contributed by atoms with Crippen LogP contribution in [0.1, 0.15) is 5.56 Å². The van der Waals surface area contributed by atoms with E-state index in [1.807, 2.05) is 0 Å². The predicted molar refractivity (Wildman–Crippen MR) is 64.8 cm³/mol. The van der Waals surface area contributed by atoms with Crippen LogP contribution in [0.25, 0.3) is 0 Å². The van der Waals surface area contributed by atoms with E-state index in [1.165, 1.54) is 6.07 Å². The number of nitrogens with zero attached hydrogens (tertiary/aromatic N) is 1. The van der Waals surface area contributed by atoms with Crippen LogP contribution in [0.5, 0.6) is 0 Å². The third-order valence-corrected chi connectivity index (χ3v) is 2.14. The Labute approximate surface area is 104 Å². The van der Waals surface area contributed by atoms with Crippen molar-refractivity contribution in [2.75, 3.05) is 25.1 Å². The van der Waals surface area contributed by atoms with Gasteiger partial charge >= 0.3 is 5.97 Å². The topological polar surface area (TPSA) is 102 Å². The van der Waals surface area contributed by atoms with Gasteiger partial charge in [-0.05, 0) is 18.6 Å². The number of carboxylic acid groups (broad SMARTS) is 1. The minimum Gasteiger partial charge on any atom is -0.480 e. The highest BCUT2D eigenvalue weighted by Crippen LogP contribution is 2.24. The Balaban J connectivity index is 2.51. The second kappa shape index (κ2) is 6.55. The Morgan fingerprint density at radius 1 is 1.56 bits per heavy atom. The number of nitrogens with one attached hydrogen (secondary N) is 1. The number of aryl methyl sites for hydroxylation is 1. The molecule has 0 atom stereocenters. The van der Waals surface area contributed by atoms with Crippen molar-refractivity contribution in [2.24, 2.45) is 0 Å². The van der Waals surface area contributed by atoms with Crippen LogP contribution in [0.4, 0.5) is 11.4 Å². The summed E-state index contributed by atoms with van der Waals surface area (Å²) >= 11 is 0.